The lowest BCUT2D eigenvalue weighted by Gasteiger charge is -2.22. The maximum atomic E-state index is 6.97. The van der Waals surface area contributed by atoms with E-state index in [-0.39, 0.29) is 5.41 Å². The van der Waals surface area contributed by atoms with Gasteiger partial charge in [0.25, 0.3) is 0 Å². The summed E-state index contributed by atoms with van der Waals surface area (Å²) in [7, 11) is 0. The minimum Gasteiger partial charge on any atom is -0.454 e. The van der Waals surface area contributed by atoms with Gasteiger partial charge in [0.1, 0.15) is 5.58 Å². The van der Waals surface area contributed by atoms with E-state index in [1.807, 2.05) is 24.3 Å². The highest BCUT2D eigenvalue weighted by Crippen LogP contribution is 2.58. The second kappa shape index (κ2) is 10.3. The van der Waals surface area contributed by atoms with E-state index in [2.05, 4.69) is 146 Å². The molecule has 0 fully saturated rings. The van der Waals surface area contributed by atoms with Gasteiger partial charge in [0, 0.05) is 49.2 Å². The maximum Gasteiger partial charge on any atom is 0.160 e. The molecule has 0 spiro atoms. The van der Waals surface area contributed by atoms with Crippen molar-refractivity contribution in [1.29, 1.82) is 0 Å². The van der Waals surface area contributed by atoms with E-state index < -0.39 is 0 Å². The number of para-hydroxylation sites is 2. The van der Waals surface area contributed by atoms with Crippen LogP contribution in [0.3, 0.4) is 0 Å². The van der Waals surface area contributed by atoms with E-state index in [9.17, 15) is 0 Å². The molecule has 0 saturated carbocycles. The van der Waals surface area contributed by atoms with E-state index in [0.717, 1.165) is 61.0 Å². The molecule has 0 atom stereocenters. The Balaban J connectivity index is 1.31. The number of benzene rings is 7. The van der Waals surface area contributed by atoms with Crippen LogP contribution in [0.5, 0.6) is 0 Å². The van der Waals surface area contributed by atoms with Crippen LogP contribution in [-0.4, -0.2) is 14.5 Å². The second-order valence-corrected chi connectivity index (χ2v) is 14.1. The quantitative estimate of drug-likeness (QED) is 0.191. The summed E-state index contributed by atoms with van der Waals surface area (Å²) in [6, 6.07) is 53.5. The van der Waals surface area contributed by atoms with Crippen LogP contribution in [0, 0.1) is 0 Å². The molecular formula is C47H31N3O. The zero-order chi connectivity index (χ0) is 33.8. The first kappa shape index (κ1) is 28.3. The summed E-state index contributed by atoms with van der Waals surface area (Å²) in [4.78, 5) is 10.3. The van der Waals surface area contributed by atoms with Gasteiger partial charge in [-0.25, -0.2) is 9.97 Å². The number of hydrogen-bond donors (Lipinski definition) is 0. The predicted molar refractivity (Wildman–Crippen MR) is 210 cm³/mol. The summed E-state index contributed by atoms with van der Waals surface area (Å²) >= 11 is 0. The van der Waals surface area contributed by atoms with Crippen LogP contribution in [-0.2, 0) is 5.41 Å². The largest absolute Gasteiger partial charge is 0.454 e. The monoisotopic (exact) mass is 653 g/mol. The topological polar surface area (TPSA) is 43.9 Å². The third-order valence-electron chi connectivity index (χ3n) is 10.9. The predicted octanol–water partition coefficient (Wildman–Crippen LogP) is 12.3. The molecule has 1 aliphatic rings. The van der Waals surface area contributed by atoms with Crippen LogP contribution < -0.4 is 0 Å². The summed E-state index contributed by atoms with van der Waals surface area (Å²) in [5, 5.41) is 5.77. The molecule has 10 aromatic rings. The first-order chi connectivity index (χ1) is 25.1. The maximum absolute atomic E-state index is 6.97. The molecule has 0 bridgehead atoms. The van der Waals surface area contributed by atoms with Crippen LogP contribution in [0.1, 0.15) is 25.0 Å². The van der Waals surface area contributed by atoms with E-state index in [1.54, 1.807) is 0 Å². The Morgan fingerprint density at radius 1 is 0.588 bits per heavy atom. The van der Waals surface area contributed by atoms with Crippen molar-refractivity contribution in [3.05, 3.63) is 163 Å². The minimum absolute atomic E-state index is 0.213. The van der Waals surface area contributed by atoms with Crippen molar-refractivity contribution in [2.24, 2.45) is 0 Å². The van der Waals surface area contributed by atoms with Gasteiger partial charge < -0.3 is 8.98 Å². The average Bonchev–Trinajstić information content (AvgIpc) is 3.81. The molecule has 1 aliphatic carbocycles. The highest BCUT2D eigenvalue weighted by molar-refractivity contribution is 6.29. The van der Waals surface area contributed by atoms with Gasteiger partial charge >= 0.3 is 0 Å². The van der Waals surface area contributed by atoms with E-state index >= 15 is 0 Å². The minimum atomic E-state index is -0.213. The fourth-order valence-electron chi connectivity index (χ4n) is 8.75. The first-order valence-electron chi connectivity index (χ1n) is 17.5. The van der Waals surface area contributed by atoms with Crippen LogP contribution in [0.15, 0.2) is 156 Å². The van der Waals surface area contributed by atoms with Crippen LogP contribution in [0.2, 0.25) is 0 Å². The molecule has 7 aromatic carbocycles. The lowest BCUT2D eigenvalue weighted by atomic mass is 9.80. The van der Waals surface area contributed by atoms with Crippen LogP contribution in [0.4, 0.5) is 0 Å². The Morgan fingerprint density at radius 2 is 1.27 bits per heavy atom. The Hall–Kier alpha value is -6.52. The summed E-state index contributed by atoms with van der Waals surface area (Å²) in [5.41, 5.74) is 14.0. The van der Waals surface area contributed by atoms with Gasteiger partial charge in [-0.05, 0) is 52.6 Å². The highest BCUT2D eigenvalue weighted by Gasteiger charge is 2.41. The zero-order valence-electron chi connectivity index (χ0n) is 28.2. The molecule has 0 saturated heterocycles. The number of hydrogen-bond acceptors (Lipinski definition) is 3. The van der Waals surface area contributed by atoms with Gasteiger partial charge in [0.15, 0.2) is 11.4 Å². The molecular weight excluding hydrogens is 623 g/mol. The molecule has 0 radical (unpaired) electrons. The van der Waals surface area contributed by atoms with Gasteiger partial charge in [-0.15, -0.1) is 0 Å². The standard InChI is InChI=1S/C47H31N3O/c1-47(2)35-22-12-9-19-31(35)39-40-32-20-10-13-23-37(32)50(44(40)45-41(42(39)47)33-21-11-14-24-38(33)51-45)30-25-26-36-34(27-30)43(28-15-5-3-6-16-28)49-46(48-36)29-17-7-4-8-18-29/h3-27H,1-2H3. The molecule has 51 heavy (non-hydrogen) atoms. The Morgan fingerprint density at radius 3 is 2.10 bits per heavy atom. The number of rotatable bonds is 3. The summed E-state index contributed by atoms with van der Waals surface area (Å²) in [5.74, 6) is 0.715. The number of furan rings is 1. The fourth-order valence-corrected chi connectivity index (χ4v) is 8.75. The Bertz CT molecular complexity index is 3040. The lowest BCUT2D eigenvalue weighted by molar-refractivity contribution is 0.658. The lowest BCUT2D eigenvalue weighted by Crippen LogP contribution is -2.15. The molecule has 3 aromatic heterocycles. The number of fused-ring (bicyclic) bond motifs is 13. The van der Waals surface area contributed by atoms with Crippen molar-refractivity contribution >= 4 is 54.6 Å². The molecule has 0 unspecified atom stereocenters. The summed E-state index contributed by atoms with van der Waals surface area (Å²) in [6.07, 6.45) is 0. The fraction of sp³-hybridized carbons (Fsp3) is 0.0638. The number of nitrogens with zero attached hydrogens (tertiary/aromatic N) is 3. The van der Waals surface area contributed by atoms with Crippen molar-refractivity contribution < 1.29 is 4.42 Å². The molecule has 240 valence electrons. The zero-order valence-corrected chi connectivity index (χ0v) is 28.2. The Kier molecular flexibility index (Phi) is 5.70. The van der Waals surface area contributed by atoms with Gasteiger partial charge in [-0.1, -0.05) is 135 Å². The summed E-state index contributed by atoms with van der Waals surface area (Å²) in [6.45, 7) is 4.73. The van der Waals surface area contributed by atoms with Gasteiger partial charge in [-0.3, -0.25) is 0 Å². The molecule has 4 nitrogen and oxygen atoms in total. The van der Waals surface area contributed by atoms with E-state index in [4.69, 9.17) is 14.4 Å². The van der Waals surface area contributed by atoms with Gasteiger partial charge in [0.2, 0.25) is 0 Å². The molecule has 3 heterocycles. The first-order valence-corrected chi connectivity index (χ1v) is 17.5. The van der Waals surface area contributed by atoms with Gasteiger partial charge in [-0.2, -0.15) is 0 Å². The van der Waals surface area contributed by atoms with Crippen LogP contribution >= 0.6 is 0 Å². The average molecular weight is 654 g/mol. The third kappa shape index (κ3) is 3.85. The number of aromatic nitrogens is 3. The molecule has 0 amide bonds. The smallest absolute Gasteiger partial charge is 0.160 e. The van der Waals surface area contributed by atoms with E-state index in [0.29, 0.717) is 5.82 Å². The molecule has 0 N–H and O–H groups in total. The van der Waals surface area contributed by atoms with Crippen LogP contribution in [0.25, 0.3) is 94.1 Å². The normalized spacial score (nSPS) is 13.5. The van der Waals surface area contributed by atoms with Crippen molar-refractivity contribution in [2.75, 3.05) is 0 Å². The second-order valence-electron chi connectivity index (χ2n) is 14.1. The van der Waals surface area contributed by atoms with Crippen molar-refractivity contribution in [2.45, 2.75) is 19.3 Å². The van der Waals surface area contributed by atoms with Crippen molar-refractivity contribution in [1.82, 2.24) is 14.5 Å². The van der Waals surface area contributed by atoms with Crippen molar-refractivity contribution in [3.8, 4) is 39.5 Å². The SMILES string of the molecule is CC1(C)c2ccccc2-c2c1c1c3ccccc3oc1c1c2c2ccccc2n1-c1ccc2nc(-c3ccccc3)nc(-c3ccccc3)c2c1. The molecule has 11 rings (SSSR count). The third-order valence-corrected chi connectivity index (χ3v) is 10.9. The van der Waals surface area contributed by atoms with Gasteiger partial charge in [0.05, 0.1) is 22.2 Å². The Labute approximate surface area is 294 Å². The van der Waals surface area contributed by atoms with E-state index in [1.165, 1.54) is 38.4 Å². The highest BCUT2D eigenvalue weighted by atomic mass is 16.3. The molecule has 4 heteroatoms. The van der Waals surface area contributed by atoms with Crippen molar-refractivity contribution in [3.63, 3.8) is 0 Å². The molecule has 0 aliphatic heterocycles. The summed E-state index contributed by atoms with van der Waals surface area (Å²) < 4.78 is 9.38.